The van der Waals surface area contributed by atoms with E-state index < -0.39 is 5.97 Å². The lowest BCUT2D eigenvalue weighted by atomic mass is 9.79. The Balaban J connectivity index is 2.18. The number of phenols is 1. The first-order chi connectivity index (χ1) is 14.9. The molecule has 0 spiro atoms. The van der Waals surface area contributed by atoms with Crippen LogP contribution in [0.2, 0.25) is 5.02 Å². The highest BCUT2D eigenvalue weighted by molar-refractivity contribution is 6.32. The number of rotatable bonds is 5. The zero-order valence-corrected chi connectivity index (χ0v) is 20.1. The Hall–Kier alpha value is -2.56. The van der Waals surface area contributed by atoms with Gasteiger partial charge in [-0.15, -0.1) is 0 Å². The van der Waals surface area contributed by atoms with Crippen molar-refractivity contribution in [3.05, 3.63) is 75.8 Å². The summed E-state index contributed by atoms with van der Waals surface area (Å²) in [6, 6.07) is 13.3. The smallest absolute Gasteiger partial charge is 0.328 e. The van der Waals surface area contributed by atoms with Gasteiger partial charge in [-0.2, -0.15) is 0 Å². The average molecular weight is 455 g/mol. The second kappa shape index (κ2) is 9.13. The van der Waals surface area contributed by atoms with Gasteiger partial charge in [-0.1, -0.05) is 54.4 Å². The van der Waals surface area contributed by atoms with Crippen LogP contribution in [0.3, 0.4) is 0 Å². The van der Waals surface area contributed by atoms with Gasteiger partial charge in [-0.05, 0) is 86.9 Å². The third-order valence-corrected chi connectivity index (χ3v) is 5.95. The molecule has 32 heavy (non-hydrogen) atoms. The molecule has 0 bridgehead atoms. The van der Waals surface area contributed by atoms with E-state index in [1.54, 1.807) is 12.1 Å². The molecule has 170 valence electrons. The summed E-state index contributed by atoms with van der Waals surface area (Å²) in [5.74, 6) is -0.895. The maximum absolute atomic E-state index is 11.2. The van der Waals surface area contributed by atoms with E-state index in [4.69, 9.17) is 21.4 Å². The van der Waals surface area contributed by atoms with Crippen molar-refractivity contribution >= 4 is 28.7 Å². The molecule has 0 radical (unpaired) electrons. The van der Waals surface area contributed by atoms with Crippen LogP contribution >= 0.6 is 11.6 Å². The van der Waals surface area contributed by atoms with E-state index in [1.165, 1.54) is 11.6 Å². The number of ether oxygens (including phenoxy) is 1. The molecule has 0 saturated carbocycles. The molecule has 1 aliphatic heterocycles. The van der Waals surface area contributed by atoms with Gasteiger partial charge in [0, 0.05) is 6.08 Å². The standard InChI is InChI=1S/C27H31ClO4/c1-6-17(14-24(30)31)18-7-9-19(10-8-18)25(20-11-12-23(29)22(28)13-20)21-15-26(2,3)32-27(4,5)16-21/h7-14,29H,6,15-16H2,1-5H3,(H,30,31)/b17-14+. The monoisotopic (exact) mass is 454 g/mol. The third-order valence-electron chi connectivity index (χ3n) is 5.64. The van der Waals surface area contributed by atoms with E-state index in [1.807, 2.05) is 37.3 Å². The molecule has 0 unspecified atom stereocenters. The minimum absolute atomic E-state index is 0.0501. The van der Waals surface area contributed by atoms with Gasteiger partial charge in [0.1, 0.15) is 5.75 Å². The summed E-state index contributed by atoms with van der Waals surface area (Å²) < 4.78 is 6.29. The maximum atomic E-state index is 11.2. The summed E-state index contributed by atoms with van der Waals surface area (Å²) in [7, 11) is 0. The van der Waals surface area contributed by atoms with Gasteiger partial charge < -0.3 is 14.9 Å². The minimum Gasteiger partial charge on any atom is -0.506 e. The van der Waals surface area contributed by atoms with Crippen LogP contribution in [0, 0.1) is 0 Å². The van der Waals surface area contributed by atoms with E-state index in [0.29, 0.717) is 11.4 Å². The Morgan fingerprint density at radius 3 is 2.03 bits per heavy atom. The SMILES string of the molecule is CC/C(=C\C(=O)O)c1ccc(C(=C2CC(C)(C)OC(C)(C)C2)c2ccc(O)c(Cl)c2)cc1. The predicted molar refractivity (Wildman–Crippen MR) is 130 cm³/mol. The number of allylic oxidation sites excluding steroid dienone is 1. The van der Waals surface area contributed by atoms with Crippen molar-refractivity contribution < 1.29 is 19.7 Å². The minimum atomic E-state index is -0.945. The Labute approximate surface area is 195 Å². The molecule has 0 aromatic heterocycles. The molecular weight excluding hydrogens is 424 g/mol. The van der Waals surface area contributed by atoms with Crippen LogP contribution in [0.1, 0.15) is 70.6 Å². The maximum Gasteiger partial charge on any atom is 0.328 e. The van der Waals surface area contributed by atoms with Crippen LogP contribution < -0.4 is 0 Å². The molecule has 2 N–H and O–H groups in total. The van der Waals surface area contributed by atoms with Gasteiger partial charge in [0.15, 0.2) is 0 Å². The van der Waals surface area contributed by atoms with Gasteiger partial charge in [-0.25, -0.2) is 4.79 Å². The van der Waals surface area contributed by atoms with Crippen LogP contribution in [-0.4, -0.2) is 27.4 Å². The van der Waals surface area contributed by atoms with Crippen molar-refractivity contribution in [3.8, 4) is 5.75 Å². The van der Waals surface area contributed by atoms with E-state index in [2.05, 4.69) is 27.7 Å². The molecule has 3 rings (SSSR count). The summed E-state index contributed by atoms with van der Waals surface area (Å²) in [6.07, 6.45) is 3.43. The third kappa shape index (κ3) is 5.62. The number of aliphatic carboxylic acids is 1. The van der Waals surface area contributed by atoms with Crippen LogP contribution in [0.4, 0.5) is 0 Å². The number of hydrogen-bond donors (Lipinski definition) is 2. The molecule has 0 amide bonds. The van der Waals surface area contributed by atoms with Gasteiger partial charge in [0.05, 0.1) is 16.2 Å². The summed E-state index contributed by atoms with van der Waals surface area (Å²) in [5, 5.41) is 19.4. The van der Waals surface area contributed by atoms with Crippen molar-refractivity contribution in [2.45, 2.75) is 65.1 Å². The lowest BCUT2D eigenvalue weighted by molar-refractivity contribution is -0.138. The zero-order chi connectivity index (χ0) is 23.7. The second-order valence-electron chi connectivity index (χ2n) is 9.56. The normalized spacial score (nSPS) is 17.8. The Kier molecular flexibility index (Phi) is 6.87. The number of carboxylic acid groups (broad SMARTS) is 1. The van der Waals surface area contributed by atoms with Gasteiger partial charge in [0.25, 0.3) is 0 Å². The van der Waals surface area contributed by atoms with Crippen molar-refractivity contribution in [2.75, 3.05) is 0 Å². The zero-order valence-electron chi connectivity index (χ0n) is 19.3. The van der Waals surface area contributed by atoms with Crippen LogP contribution in [0.5, 0.6) is 5.75 Å². The Bertz CT molecular complexity index is 1060. The summed E-state index contributed by atoms with van der Waals surface area (Å²) in [5.41, 5.74) is 5.32. The van der Waals surface area contributed by atoms with Gasteiger partial charge in [0.2, 0.25) is 0 Å². The number of phenolic OH excluding ortho intramolecular Hbond substituents is 1. The number of halogens is 1. The van der Waals surface area contributed by atoms with Gasteiger partial charge >= 0.3 is 5.97 Å². The molecule has 1 aliphatic rings. The highest BCUT2D eigenvalue weighted by atomic mass is 35.5. The molecule has 5 heteroatoms. The van der Waals surface area contributed by atoms with Crippen molar-refractivity contribution in [3.63, 3.8) is 0 Å². The number of carboxylic acids is 1. The van der Waals surface area contributed by atoms with Crippen molar-refractivity contribution in [2.24, 2.45) is 0 Å². The molecule has 2 aromatic rings. The number of benzene rings is 2. The van der Waals surface area contributed by atoms with Gasteiger partial charge in [-0.3, -0.25) is 0 Å². The highest BCUT2D eigenvalue weighted by Gasteiger charge is 2.37. The van der Waals surface area contributed by atoms with E-state index in [9.17, 15) is 9.90 Å². The average Bonchev–Trinajstić information content (AvgIpc) is 2.67. The summed E-state index contributed by atoms with van der Waals surface area (Å²) in [4.78, 5) is 11.2. The quantitative estimate of drug-likeness (QED) is 0.473. The van der Waals surface area contributed by atoms with Crippen molar-refractivity contribution in [1.82, 2.24) is 0 Å². The van der Waals surface area contributed by atoms with Crippen LogP contribution in [0.15, 0.2) is 54.1 Å². The highest BCUT2D eigenvalue weighted by Crippen LogP contribution is 2.44. The Morgan fingerprint density at radius 2 is 1.53 bits per heavy atom. The fraction of sp³-hybridized carbons (Fsp3) is 0.370. The summed E-state index contributed by atoms with van der Waals surface area (Å²) in [6.45, 7) is 10.3. The van der Waals surface area contributed by atoms with E-state index in [0.717, 1.165) is 40.7 Å². The number of carbonyl (C=O) groups is 1. The first-order valence-electron chi connectivity index (χ1n) is 10.9. The lowest BCUT2D eigenvalue weighted by Gasteiger charge is -2.43. The summed E-state index contributed by atoms with van der Waals surface area (Å²) >= 11 is 6.27. The largest absolute Gasteiger partial charge is 0.506 e. The van der Waals surface area contributed by atoms with Crippen molar-refractivity contribution in [1.29, 1.82) is 0 Å². The van der Waals surface area contributed by atoms with E-state index >= 15 is 0 Å². The fourth-order valence-corrected chi connectivity index (χ4v) is 4.89. The lowest BCUT2D eigenvalue weighted by Crippen LogP contribution is -2.42. The molecule has 0 atom stereocenters. The first kappa shape index (κ1) is 24.1. The van der Waals surface area contributed by atoms with E-state index in [-0.39, 0.29) is 17.0 Å². The second-order valence-corrected chi connectivity index (χ2v) is 9.97. The Morgan fingerprint density at radius 1 is 1.00 bits per heavy atom. The fourth-order valence-electron chi connectivity index (χ4n) is 4.71. The molecule has 1 heterocycles. The molecule has 4 nitrogen and oxygen atoms in total. The van der Waals surface area contributed by atoms with Crippen LogP contribution in [0.25, 0.3) is 11.1 Å². The first-order valence-corrected chi connectivity index (χ1v) is 11.2. The predicted octanol–water partition coefficient (Wildman–Crippen LogP) is 7.09. The number of aromatic hydroxyl groups is 1. The number of hydrogen-bond acceptors (Lipinski definition) is 3. The molecule has 1 fully saturated rings. The molecule has 0 aliphatic carbocycles. The molecular formula is C27H31ClO4. The van der Waals surface area contributed by atoms with Crippen LogP contribution in [-0.2, 0) is 9.53 Å². The molecule has 2 aromatic carbocycles. The topological polar surface area (TPSA) is 66.8 Å². The molecule has 1 saturated heterocycles.